The highest BCUT2D eigenvalue weighted by Crippen LogP contribution is 2.28. The first-order valence-electron chi connectivity index (χ1n) is 9.09. The lowest BCUT2D eigenvalue weighted by atomic mass is 10.1. The number of anilines is 1. The van der Waals surface area contributed by atoms with Crippen LogP contribution in [0.3, 0.4) is 0 Å². The van der Waals surface area contributed by atoms with Crippen LogP contribution in [0, 0.1) is 13.8 Å². The van der Waals surface area contributed by atoms with Crippen LogP contribution in [0.1, 0.15) is 16.7 Å². The molecule has 2 aromatic carbocycles. The van der Waals surface area contributed by atoms with Crippen molar-refractivity contribution in [2.24, 2.45) is 11.7 Å². The molecule has 7 heteroatoms. The third-order valence-electron chi connectivity index (χ3n) is 4.34. The van der Waals surface area contributed by atoms with E-state index in [1.54, 1.807) is 16.6 Å². The zero-order chi connectivity index (χ0) is 21.2. The summed E-state index contributed by atoms with van der Waals surface area (Å²) in [4.78, 5) is 13.3. The number of nitrogens with two attached hydrogens (primary N) is 2. The lowest BCUT2D eigenvalue weighted by molar-refractivity contribution is -0.109. The molecule has 29 heavy (non-hydrogen) atoms. The molecule has 5 N–H and O–H groups in total. The van der Waals surface area contributed by atoms with Crippen molar-refractivity contribution in [3.8, 4) is 17.0 Å². The van der Waals surface area contributed by atoms with Crippen molar-refractivity contribution in [3.63, 3.8) is 0 Å². The Morgan fingerprint density at radius 1 is 1.10 bits per heavy atom. The Morgan fingerprint density at radius 2 is 1.86 bits per heavy atom. The maximum Gasteiger partial charge on any atom is 0.221 e. The van der Waals surface area contributed by atoms with Gasteiger partial charge in [0.25, 0.3) is 0 Å². The SMILES string of the molecule is Cc1cc(-c2ccccn2)ccc1OCc1c(C)cccc1N(C)N.NNC=O. The van der Waals surface area contributed by atoms with Gasteiger partial charge in [-0.2, -0.15) is 0 Å². The van der Waals surface area contributed by atoms with Gasteiger partial charge < -0.3 is 9.75 Å². The van der Waals surface area contributed by atoms with E-state index in [1.165, 1.54) is 0 Å². The lowest BCUT2D eigenvalue weighted by Crippen LogP contribution is -2.26. The van der Waals surface area contributed by atoms with Gasteiger partial charge >= 0.3 is 0 Å². The number of ether oxygens (including phenoxy) is 1. The van der Waals surface area contributed by atoms with Gasteiger partial charge in [-0.15, -0.1) is 0 Å². The molecular formula is C22H27N5O2. The number of aromatic nitrogens is 1. The second kappa shape index (κ2) is 10.8. The van der Waals surface area contributed by atoms with E-state index in [1.807, 2.05) is 49.5 Å². The van der Waals surface area contributed by atoms with E-state index in [2.05, 4.69) is 36.8 Å². The number of hydrazine groups is 2. The normalized spacial score (nSPS) is 9.83. The number of hydrogen-bond acceptors (Lipinski definition) is 6. The fourth-order valence-corrected chi connectivity index (χ4v) is 2.86. The van der Waals surface area contributed by atoms with E-state index in [4.69, 9.17) is 15.4 Å². The van der Waals surface area contributed by atoms with Crippen LogP contribution in [0.25, 0.3) is 11.3 Å². The number of nitrogens with zero attached hydrogens (tertiary/aromatic N) is 2. The van der Waals surface area contributed by atoms with Crippen LogP contribution < -0.4 is 26.9 Å². The van der Waals surface area contributed by atoms with E-state index in [-0.39, 0.29) is 0 Å². The summed E-state index contributed by atoms with van der Waals surface area (Å²) < 4.78 is 6.08. The van der Waals surface area contributed by atoms with E-state index < -0.39 is 0 Å². The van der Waals surface area contributed by atoms with Crippen LogP contribution in [-0.2, 0) is 11.4 Å². The molecule has 0 unspecified atom stereocenters. The lowest BCUT2D eigenvalue weighted by Gasteiger charge is -2.19. The molecule has 1 amide bonds. The molecule has 0 bridgehead atoms. The molecule has 1 aromatic heterocycles. The summed E-state index contributed by atoms with van der Waals surface area (Å²) in [5.41, 5.74) is 8.12. The predicted octanol–water partition coefficient (Wildman–Crippen LogP) is 2.86. The molecule has 3 rings (SSSR count). The number of benzene rings is 2. The number of amides is 1. The van der Waals surface area contributed by atoms with E-state index in [0.29, 0.717) is 13.0 Å². The van der Waals surface area contributed by atoms with Crippen molar-refractivity contribution < 1.29 is 9.53 Å². The van der Waals surface area contributed by atoms with Crippen molar-refractivity contribution in [2.75, 3.05) is 12.1 Å². The maximum absolute atomic E-state index is 8.94. The number of hydrogen-bond donors (Lipinski definition) is 3. The Balaban J connectivity index is 0.000000687. The quantitative estimate of drug-likeness (QED) is 0.257. The Labute approximate surface area is 171 Å². The van der Waals surface area contributed by atoms with Crippen LogP contribution >= 0.6 is 0 Å². The monoisotopic (exact) mass is 393 g/mol. The minimum Gasteiger partial charge on any atom is -0.489 e. The van der Waals surface area contributed by atoms with Crippen LogP contribution in [0.5, 0.6) is 5.75 Å². The Kier molecular flexibility index (Phi) is 8.14. The molecule has 0 saturated heterocycles. The number of nitrogens with one attached hydrogen (secondary N) is 1. The molecule has 0 aliphatic rings. The van der Waals surface area contributed by atoms with Gasteiger partial charge in [-0.3, -0.25) is 15.2 Å². The first-order valence-corrected chi connectivity index (χ1v) is 9.09. The largest absolute Gasteiger partial charge is 0.489 e. The molecule has 3 aromatic rings. The van der Waals surface area contributed by atoms with E-state index in [9.17, 15) is 0 Å². The predicted molar refractivity (Wildman–Crippen MR) is 116 cm³/mol. The van der Waals surface area contributed by atoms with Gasteiger partial charge in [-0.1, -0.05) is 18.2 Å². The molecule has 0 atom stereocenters. The summed E-state index contributed by atoms with van der Waals surface area (Å²) in [6.07, 6.45) is 2.21. The van der Waals surface area contributed by atoms with Crippen molar-refractivity contribution in [2.45, 2.75) is 20.5 Å². The van der Waals surface area contributed by atoms with Gasteiger partial charge in [0.05, 0.1) is 11.4 Å². The van der Waals surface area contributed by atoms with Crippen LogP contribution in [-0.4, -0.2) is 18.4 Å². The van der Waals surface area contributed by atoms with Gasteiger partial charge in [0.1, 0.15) is 12.4 Å². The molecule has 0 fully saturated rings. The minimum absolute atomic E-state index is 0.403. The minimum atomic E-state index is 0.403. The molecule has 0 saturated carbocycles. The third kappa shape index (κ3) is 6.03. The summed E-state index contributed by atoms with van der Waals surface area (Å²) in [5, 5.41) is 1.63. The van der Waals surface area contributed by atoms with Crippen molar-refractivity contribution in [3.05, 3.63) is 77.5 Å². The van der Waals surface area contributed by atoms with Gasteiger partial charge in [-0.05, 0) is 61.4 Å². The molecular weight excluding hydrogens is 366 g/mol. The maximum atomic E-state index is 8.94. The molecule has 152 valence electrons. The first-order chi connectivity index (χ1) is 14.0. The van der Waals surface area contributed by atoms with Crippen molar-refractivity contribution in [1.29, 1.82) is 0 Å². The number of rotatable bonds is 6. The Bertz CT molecular complexity index is 930. The van der Waals surface area contributed by atoms with Crippen LogP contribution in [0.4, 0.5) is 5.69 Å². The fourth-order valence-electron chi connectivity index (χ4n) is 2.86. The summed E-state index contributed by atoms with van der Waals surface area (Å²) in [6.45, 7) is 4.60. The highest BCUT2D eigenvalue weighted by atomic mass is 16.5. The number of aryl methyl sites for hydroxylation is 2. The Morgan fingerprint density at radius 3 is 2.45 bits per heavy atom. The van der Waals surface area contributed by atoms with Crippen molar-refractivity contribution >= 4 is 12.1 Å². The number of carbonyl (C=O) groups is 1. The molecule has 0 radical (unpaired) electrons. The van der Waals surface area contributed by atoms with Crippen molar-refractivity contribution in [1.82, 2.24) is 10.4 Å². The van der Waals surface area contributed by atoms with Gasteiger partial charge in [-0.25, -0.2) is 11.7 Å². The second-order valence-electron chi connectivity index (χ2n) is 6.45. The van der Waals surface area contributed by atoms with E-state index in [0.717, 1.165) is 39.4 Å². The Hall–Kier alpha value is -3.42. The summed E-state index contributed by atoms with van der Waals surface area (Å²) >= 11 is 0. The smallest absolute Gasteiger partial charge is 0.221 e. The highest BCUT2D eigenvalue weighted by molar-refractivity contribution is 5.62. The van der Waals surface area contributed by atoms with Gasteiger partial charge in [0, 0.05) is 24.4 Å². The highest BCUT2D eigenvalue weighted by Gasteiger charge is 2.10. The topological polar surface area (TPSA) is 106 Å². The van der Waals surface area contributed by atoms with Gasteiger partial charge in [0.2, 0.25) is 6.41 Å². The molecule has 0 aliphatic heterocycles. The molecule has 0 spiro atoms. The van der Waals surface area contributed by atoms with Crippen LogP contribution in [0.15, 0.2) is 60.8 Å². The molecule has 7 nitrogen and oxygen atoms in total. The third-order valence-corrected chi connectivity index (χ3v) is 4.34. The molecule has 0 aliphatic carbocycles. The van der Waals surface area contributed by atoms with E-state index >= 15 is 0 Å². The molecule has 1 heterocycles. The summed E-state index contributed by atoms with van der Waals surface area (Å²) in [5.74, 6) is 11.2. The van der Waals surface area contributed by atoms with Crippen LogP contribution in [0.2, 0.25) is 0 Å². The first kappa shape index (κ1) is 21.9. The summed E-state index contributed by atoms with van der Waals surface area (Å²) in [6, 6.07) is 18.1. The fraction of sp³-hybridized carbons (Fsp3) is 0.182. The second-order valence-corrected chi connectivity index (χ2v) is 6.45. The number of pyridine rings is 1. The zero-order valence-corrected chi connectivity index (χ0v) is 16.9. The van der Waals surface area contributed by atoms with Gasteiger partial charge in [0.15, 0.2) is 0 Å². The number of carbonyl (C=O) groups excluding carboxylic acids is 1. The summed E-state index contributed by atoms with van der Waals surface area (Å²) in [7, 11) is 1.84. The standard InChI is InChI=1S/C21H23N3O.CH4N2O/c1-15-7-6-9-20(24(3)22)18(15)14-25-21-11-10-17(13-16(21)2)19-8-4-5-12-23-19;2-3-1-4/h4-13H,14,22H2,1-3H3;1H,2H2,(H,3,4). The average molecular weight is 393 g/mol. The zero-order valence-electron chi connectivity index (χ0n) is 16.9. The average Bonchev–Trinajstić information content (AvgIpc) is 2.74.